The number of nitrogens with one attached hydrogen (secondary N) is 1. The van der Waals surface area contributed by atoms with E-state index in [2.05, 4.69) is 12.2 Å². The Labute approximate surface area is 116 Å². The molecule has 3 heteroatoms. The monoisotopic (exact) mass is 263 g/mol. The highest BCUT2D eigenvalue weighted by Crippen LogP contribution is 2.24. The number of unbranched alkanes of at least 4 members (excludes halogenated alkanes) is 5. The lowest BCUT2D eigenvalue weighted by Gasteiger charge is -2.09. The maximum absolute atomic E-state index is 11.8. The Morgan fingerprint density at radius 3 is 2.58 bits per heavy atom. The van der Waals surface area contributed by atoms with Crippen LogP contribution in [0.5, 0.6) is 5.75 Å². The summed E-state index contributed by atoms with van der Waals surface area (Å²) < 4.78 is 0. The van der Waals surface area contributed by atoms with Gasteiger partial charge < -0.3 is 10.4 Å². The smallest absolute Gasteiger partial charge is 0.224 e. The molecule has 3 nitrogen and oxygen atoms in total. The zero-order valence-electron chi connectivity index (χ0n) is 12.0. The third kappa shape index (κ3) is 5.77. The van der Waals surface area contributed by atoms with E-state index in [0.717, 1.165) is 18.4 Å². The molecule has 0 aromatic heterocycles. The number of amides is 1. The molecule has 0 fully saturated rings. The van der Waals surface area contributed by atoms with Crippen molar-refractivity contribution >= 4 is 11.6 Å². The van der Waals surface area contributed by atoms with E-state index in [1.165, 1.54) is 25.7 Å². The molecule has 0 atom stereocenters. The van der Waals surface area contributed by atoms with Crippen molar-refractivity contribution in [3.05, 3.63) is 23.8 Å². The molecule has 0 heterocycles. The Morgan fingerprint density at radius 2 is 1.84 bits per heavy atom. The van der Waals surface area contributed by atoms with Crippen LogP contribution in [-0.2, 0) is 4.79 Å². The van der Waals surface area contributed by atoms with Gasteiger partial charge in [-0.2, -0.15) is 0 Å². The second-order valence-corrected chi connectivity index (χ2v) is 5.02. The van der Waals surface area contributed by atoms with Gasteiger partial charge in [-0.1, -0.05) is 45.1 Å². The van der Waals surface area contributed by atoms with Crippen molar-refractivity contribution in [1.82, 2.24) is 0 Å². The lowest BCUT2D eigenvalue weighted by Crippen LogP contribution is -2.11. The number of phenols is 1. The maximum atomic E-state index is 11.8. The number of phenolic OH excluding ortho intramolecular Hbond substituents is 1. The molecule has 1 rings (SSSR count). The van der Waals surface area contributed by atoms with Gasteiger partial charge in [-0.15, -0.1) is 0 Å². The largest absolute Gasteiger partial charge is 0.508 e. The first kappa shape index (κ1) is 15.5. The number of hydrogen-bond donors (Lipinski definition) is 2. The Bertz CT molecular complexity index is 402. The average molecular weight is 263 g/mol. The molecule has 0 aliphatic carbocycles. The highest BCUT2D eigenvalue weighted by Gasteiger charge is 2.06. The van der Waals surface area contributed by atoms with Crippen LogP contribution in [0.15, 0.2) is 18.2 Å². The van der Waals surface area contributed by atoms with Crippen LogP contribution in [0, 0.1) is 6.92 Å². The molecule has 19 heavy (non-hydrogen) atoms. The van der Waals surface area contributed by atoms with Crippen LogP contribution in [-0.4, -0.2) is 11.0 Å². The molecule has 2 N–H and O–H groups in total. The van der Waals surface area contributed by atoms with Crippen molar-refractivity contribution in [3.63, 3.8) is 0 Å². The Hall–Kier alpha value is -1.51. The first-order valence-electron chi connectivity index (χ1n) is 7.23. The van der Waals surface area contributed by atoms with Crippen LogP contribution in [0.2, 0.25) is 0 Å². The molecule has 0 bridgehead atoms. The van der Waals surface area contributed by atoms with Gasteiger partial charge in [0.2, 0.25) is 5.91 Å². The molecule has 0 aliphatic heterocycles. The Kier molecular flexibility index (Phi) is 7.01. The number of anilines is 1. The lowest BCUT2D eigenvalue weighted by atomic mass is 10.1. The first-order chi connectivity index (χ1) is 9.15. The maximum Gasteiger partial charge on any atom is 0.224 e. The third-order valence-corrected chi connectivity index (χ3v) is 3.34. The van der Waals surface area contributed by atoms with Crippen LogP contribution < -0.4 is 5.32 Å². The molecule has 1 amide bonds. The van der Waals surface area contributed by atoms with Gasteiger partial charge in [0.05, 0.1) is 0 Å². The van der Waals surface area contributed by atoms with Crippen molar-refractivity contribution in [1.29, 1.82) is 0 Å². The quantitative estimate of drug-likeness (QED) is 0.683. The summed E-state index contributed by atoms with van der Waals surface area (Å²) in [5.41, 5.74) is 1.43. The molecule has 1 aromatic carbocycles. The van der Waals surface area contributed by atoms with E-state index in [0.29, 0.717) is 12.1 Å². The summed E-state index contributed by atoms with van der Waals surface area (Å²) in [7, 11) is 0. The molecule has 0 radical (unpaired) electrons. The summed E-state index contributed by atoms with van der Waals surface area (Å²) in [4.78, 5) is 11.8. The van der Waals surface area contributed by atoms with E-state index in [9.17, 15) is 9.90 Å². The van der Waals surface area contributed by atoms with Gasteiger partial charge in [-0.25, -0.2) is 0 Å². The number of aromatic hydroxyl groups is 1. The van der Waals surface area contributed by atoms with Gasteiger partial charge >= 0.3 is 0 Å². The normalized spacial score (nSPS) is 10.4. The fourth-order valence-corrected chi connectivity index (χ4v) is 2.04. The highest BCUT2D eigenvalue weighted by atomic mass is 16.3. The van der Waals surface area contributed by atoms with Crippen LogP contribution in [0.4, 0.5) is 5.69 Å². The van der Waals surface area contributed by atoms with Crippen molar-refractivity contribution in [2.45, 2.75) is 58.8 Å². The van der Waals surface area contributed by atoms with Crippen molar-refractivity contribution in [2.75, 3.05) is 5.32 Å². The van der Waals surface area contributed by atoms with E-state index in [1.54, 1.807) is 19.1 Å². The molecule has 0 saturated carbocycles. The molecular formula is C16H25NO2. The Morgan fingerprint density at radius 1 is 1.16 bits per heavy atom. The minimum atomic E-state index is 0.0317. The summed E-state index contributed by atoms with van der Waals surface area (Å²) in [6.45, 7) is 4.00. The SMILES string of the molecule is CCCCCCCCC(=O)Nc1cccc(O)c1C. The molecule has 0 aliphatic rings. The zero-order valence-corrected chi connectivity index (χ0v) is 12.0. The predicted molar refractivity (Wildman–Crippen MR) is 79.5 cm³/mol. The fraction of sp³-hybridized carbons (Fsp3) is 0.562. The Balaban J connectivity index is 2.26. The van der Waals surface area contributed by atoms with Crippen LogP contribution >= 0.6 is 0 Å². The molecule has 0 saturated heterocycles. The lowest BCUT2D eigenvalue weighted by molar-refractivity contribution is -0.116. The highest BCUT2D eigenvalue weighted by molar-refractivity contribution is 5.91. The van der Waals surface area contributed by atoms with E-state index in [4.69, 9.17) is 0 Å². The summed E-state index contributed by atoms with van der Waals surface area (Å²) in [6.07, 6.45) is 7.63. The van der Waals surface area contributed by atoms with E-state index in [-0.39, 0.29) is 11.7 Å². The predicted octanol–water partition coefficient (Wildman–Crippen LogP) is 4.39. The van der Waals surface area contributed by atoms with Gasteiger partial charge in [0.1, 0.15) is 5.75 Å². The number of rotatable bonds is 8. The minimum Gasteiger partial charge on any atom is -0.508 e. The summed E-state index contributed by atoms with van der Waals surface area (Å²) in [5.74, 6) is 0.251. The molecule has 106 valence electrons. The second-order valence-electron chi connectivity index (χ2n) is 5.02. The van der Waals surface area contributed by atoms with E-state index in [1.807, 2.05) is 6.07 Å². The third-order valence-electron chi connectivity index (χ3n) is 3.34. The molecule has 1 aromatic rings. The van der Waals surface area contributed by atoms with Crippen LogP contribution in [0.3, 0.4) is 0 Å². The van der Waals surface area contributed by atoms with Crippen LogP contribution in [0.1, 0.15) is 57.4 Å². The van der Waals surface area contributed by atoms with Crippen molar-refractivity contribution in [3.8, 4) is 5.75 Å². The first-order valence-corrected chi connectivity index (χ1v) is 7.23. The van der Waals surface area contributed by atoms with Gasteiger partial charge in [-0.05, 0) is 25.5 Å². The number of carbonyl (C=O) groups excluding carboxylic acids is 1. The fourth-order valence-electron chi connectivity index (χ4n) is 2.04. The van der Waals surface area contributed by atoms with Gasteiger partial charge in [0.25, 0.3) is 0 Å². The van der Waals surface area contributed by atoms with E-state index < -0.39 is 0 Å². The standard InChI is InChI=1S/C16H25NO2/c1-3-4-5-6-7-8-12-16(19)17-14-10-9-11-15(18)13(14)2/h9-11,18H,3-8,12H2,1-2H3,(H,17,19). The molecular weight excluding hydrogens is 238 g/mol. The summed E-state index contributed by atoms with van der Waals surface area (Å²) in [5, 5.41) is 12.4. The topological polar surface area (TPSA) is 49.3 Å². The van der Waals surface area contributed by atoms with Crippen molar-refractivity contribution < 1.29 is 9.90 Å². The second kappa shape index (κ2) is 8.57. The number of hydrogen-bond acceptors (Lipinski definition) is 2. The minimum absolute atomic E-state index is 0.0317. The molecule has 0 spiro atoms. The summed E-state index contributed by atoms with van der Waals surface area (Å²) in [6, 6.07) is 5.18. The number of carbonyl (C=O) groups is 1. The number of benzene rings is 1. The van der Waals surface area contributed by atoms with E-state index >= 15 is 0 Å². The van der Waals surface area contributed by atoms with Crippen molar-refractivity contribution in [2.24, 2.45) is 0 Å². The zero-order chi connectivity index (χ0) is 14.1. The van der Waals surface area contributed by atoms with Gasteiger partial charge in [0, 0.05) is 17.7 Å². The van der Waals surface area contributed by atoms with Gasteiger partial charge in [-0.3, -0.25) is 4.79 Å². The average Bonchev–Trinajstić information content (AvgIpc) is 2.39. The van der Waals surface area contributed by atoms with Gasteiger partial charge in [0.15, 0.2) is 0 Å². The van der Waals surface area contributed by atoms with Crippen LogP contribution in [0.25, 0.3) is 0 Å². The molecule has 0 unspecified atom stereocenters. The summed E-state index contributed by atoms with van der Waals surface area (Å²) >= 11 is 0.